The molecule has 2 heterocycles. The van der Waals surface area contributed by atoms with E-state index in [0.717, 1.165) is 5.39 Å². The molecule has 1 aliphatic rings. The molecule has 0 bridgehead atoms. The number of hydrogen-bond acceptors (Lipinski definition) is 8. The molecule has 0 aliphatic carbocycles. The molecule has 1 fully saturated rings. The molecule has 5 atom stereocenters. The molecule has 30 heavy (non-hydrogen) atoms. The van der Waals surface area contributed by atoms with Crippen LogP contribution in [0.2, 0.25) is 0 Å². The van der Waals surface area contributed by atoms with E-state index in [4.69, 9.17) is 18.6 Å². The van der Waals surface area contributed by atoms with Gasteiger partial charge in [-0.2, -0.15) is 0 Å². The van der Waals surface area contributed by atoms with Crippen LogP contribution in [-0.2, 0) is 19.0 Å². The van der Waals surface area contributed by atoms with Crippen LogP contribution in [0.3, 0.4) is 0 Å². The highest BCUT2D eigenvalue weighted by atomic mass is 16.7. The number of carbonyl (C=O) groups excluding carboxylic acids is 1. The zero-order valence-electron chi connectivity index (χ0n) is 17.9. The minimum Gasteiger partial charge on any atom is -0.462 e. The Labute approximate surface area is 175 Å². The lowest BCUT2D eigenvalue weighted by atomic mass is 9.88. The molecule has 0 amide bonds. The Kier molecular flexibility index (Phi) is 6.50. The topological polar surface area (TPSA) is 107 Å². The number of fused-ring (bicyclic) bond motifs is 1. The molecule has 2 N–H and O–H groups in total. The van der Waals surface area contributed by atoms with E-state index in [0.29, 0.717) is 11.3 Å². The third kappa shape index (κ3) is 4.83. The van der Waals surface area contributed by atoms with E-state index in [1.807, 2.05) is 19.1 Å². The summed E-state index contributed by atoms with van der Waals surface area (Å²) in [6, 6.07) is 8.10. The molecule has 1 saturated heterocycles. The van der Waals surface area contributed by atoms with Gasteiger partial charge in [0.15, 0.2) is 6.29 Å². The van der Waals surface area contributed by atoms with E-state index in [-0.39, 0.29) is 24.5 Å². The number of aliphatic hydroxyl groups is 1. The van der Waals surface area contributed by atoms with E-state index in [9.17, 15) is 14.7 Å². The molecule has 2 aromatic rings. The smallest absolute Gasteiger partial charge is 0.336 e. The zero-order valence-corrected chi connectivity index (χ0v) is 17.9. The number of ether oxygens (including phenoxy) is 3. The lowest BCUT2D eigenvalue weighted by Gasteiger charge is -2.43. The molecule has 1 aromatic carbocycles. The van der Waals surface area contributed by atoms with Crippen molar-refractivity contribution in [1.82, 2.24) is 0 Å². The zero-order chi connectivity index (χ0) is 22.1. The van der Waals surface area contributed by atoms with Crippen LogP contribution < -0.4 is 10.9 Å². The van der Waals surface area contributed by atoms with Crippen molar-refractivity contribution in [3.05, 3.63) is 40.8 Å². The molecular weight excluding hydrogens is 390 g/mol. The number of carbonyl (C=O) groups is 1. The van der Waals surface area contributed by atoms with Gasteiger partial charge < -0.3 is 29.1 Å². The van der Waals surface area contributed by atoms with E-state index in [1.54, 1.807) is 32.9 Å². The minimum absolute atomic E-state index is 0.0602. The second-order valence-corrected chi connectivity index (χ2v) is 8.65. The molecule has 8 nitrogen and oxygen atoms in total. The standard InChI is InChI=1S/C22H29NO7/c1-12-18(23-14-8-6-13-7-9-17(24)29-15(13)10-14)20(27-5)30-16(19(12)25)11-28-21(26)22(2,3)4/h6-10,12,16,18-20,23,25H,11H2,1-5H3/t12-,16?,18?,19-,20+/m1/s1. The third-order valence-corrected chi connectivity index (χ3v) is 5.27. The van der Waals surface area contributed by atoms with Crippen LogP contribution in [0.4, 0.5) is 5.69 Å². The van der Waals surface area contributed by atoms with Crippen molar-refractivity contribution in [3.63, 3.8) is 0 Å². The van der Waals surface area contributed by atoms with Gasteiger partial charge in [-0.05, 0) is 39.0 Å². The fourth-order valence-corrected chi connectivity index (χ4v) is 3.39. The van der Waals surface area contributed by atoms with Gasteiger partial charge in [0, 0.05) is 36.2 Å². The number of hydrogen-bond donors (Lipinski definition) is 2. The van der Waals surface area contributed by atoms with E-state index < -0.39 is 29.5 Å². The summed E-state index contributed by atoms with van der Waals surface area (Å²) in [6.45, 7) is 7.10. The number of aliphatic hydroxyl groups excluding tert-OH is 1. The van der Waals surface area contributed by atoms with Crippen LogP contribution in [0.1, 0.15) is 27.7 Å². The van der Waals surface area contributed by atoms with Crippen molar-refractivity contribution < 1.29 is 28.5 Å². The molecule has 0 radical (unpaired) electrons. The van der Waals surface area contributed by atoms with Gasteiger partial charge in [-0.3, -0.25) is 4.79 Å². The third-order valence-electron chi connectivity index (χ3n) is 5.27. The van der Waals surface area contributed by atoms with Crippen LogP contribution in [0.25, 0.3) is 11.0 Å². The highest BCUT2D eigenvalue weighted by Crippen LogP contribution is 2.30. The summed E-state index contributed by atoms with van der Waals surface area (Å²) in [6.07, 6.45) is -2.26. The number of anilines is 1. The van der Waals surface area contributed by atoms with Crippen LogP contribution in [0.15, 0.2) is 39.5 Å². The number of nitrogens with one attached hydrogen (secondary N) is 1. The normalized spacial score (nSPS) is 27.1. The average Bonchev–Trinajstić information content (AvgIpc) is 2.69. The van der Waals surface area contributed by atoms with Gasteiger partial charge in [0.2, 0.25) is 0 Å². The summed E-state index contributed by atoms with van der Waals surface area (Å²) in [5.41, 5.74) is 0.0931. The summed E-state index contributed by atoms with van der Waals surface area (Å²) in [5, 5.41) is 14.9. The average molecular weight is 419 g/mol. The van der Waals surface area contributed by atoms with Crippen molar-refractivity contribution in [1.29, 1.82) is 0 Å². The Hall–Kier alpha value is -2.42. The fraction of sp³-hybridized carbons (Fsp3) is 0.545. The Morgan fingerprint density at radius 1 is 1.23 bits per heavy atom. The Morgan fingerprint density at radius 3 is 2.60 bits per heavy atom. The highest BCUT2D eigenvalue weighted by molar-refractivity contribution is 5.80. The van der Waals surface area contributed by atoms with Crippen LogP contribution >= 0.6 is 0 Å². The van der Waals surface area contributed by atoms with Crippen molar-refractivity contribution in [2.75, 3.05) is 19.0 Å². The van der Waals surface area contributed by atoms with Crippen LogP contribution in [0.5, 0.6) is 0 Å². The molecule has 1 aliphatic heterocycles. The van der Waals surface area contributed by atoms with E-state index in [1.165, 1.54) is 13.2 Å². The molecule has 2 unspecified atom stereocenters. The number of methoxy groups -OCH3 is 1. The number of benzene rings is 1. The lowest BCUT2D eigenvalue weighted by Crippen LogP contribution is -2.58. The Morgan fingerprint density at radius 2 is 1.93 bits per heavy atom. The summed E-state index contributed by atoms with van der Waals surface area (Å²) in [4.78, 5) is 23.5. The highest BCUT2D eigenvalue weighted by Gasteiger charge is 2.44. The van der Waals surface area contributed by atoms with Gasteiger partial charge in [0.05, 0.1) is 17.6 Å². The van der Waals surface area contributed by atoms with Crippen molar-refractivity contribution >= 4 is 22.6 Å². The van der Waals surface area contributed by atoms with Crippen molar-refractivity contribution in [3.8, 4) is 0 Å². The Balaban J connectivity index is 1.73. The Bertz CT molecular complexity index is 946. The maximum atomic E-state index is 12.0. The first-order valence-electron chi connectivity index (χ1n) is 9.94. The second kappa shape index (κ2) is 8.75. The first-order valence-corrected chi connectivity index (χ1v) is 9.94. The molecule has 0 spiro atoms. The minimum atomic E-state index is -0.875. The van der Waals surface area contributed by atoms with E-state index in [2.05, 4.69) is 5.32 Å². The van der Waals surface area contributed by atoms with Crippen LogP contribution in [0, 0.1) is 11.3 Å². The van der Waals surface area contributed by atoms with Crippen LogP contribution in [-0.4, -0.2) is 49.3 Å². The van der Waals surface area contributed by atoms with Crippen molar-refractivity contribution in [2.24, 2.45) is 11.3 Å². The maximum Gasteiger partial charge on any atom is 0.336 e. The van der Waals surface area contributed by atoms with Gasteiger partial charge in [-0.1, -0.05) is 6.92 Å². The van der Waals surface area contributed by atoms with Gasteiger partial charge >= 0.3 is 11.6 Å². The quantitative estimate of drug-likeness (QED) is 0.562. The molecule has 8 heteroatoms. The van der Waals surface area contributed by atoms with Gasteiger partial charge in [-0.25, -0.2) is 4.79 Å². The van der Waals surface area contributed by atoms with Gasteiger partial charge in [0.25, 0.3) is 0 Å². The summed E-state index contributed by atoms with van der Waals surface area (Å²) < 4.78 is 21.9. The van der Waals surface area contributed by atoms with Gasteiger partial charge in [-0.15, -0.1) is 0 Å². The number of rotatable bonds is 5. The SMILES string of the molecule is CO[C@H]1OC(COC(=O)C(C)(C)C)[C@H](O)[C@H](C)C1Nc1ccc2ccc(=O)oc2c1. The number of esters is 1. The summed E-state index contributed by atoms with van der Waals surface area (Å²) in [5.74, 6) is -0.640. The van der Waals surface area contributed by atoms with Gasteiger partial charge in [0.1, 0.15) is 18.3 Å². The molecule has 164 valence electrons. The fourth-order valence-electron chi connectivity index (χ4n) is 3.39. The predicted octanol–water partition coefficient (Wildman–Crippen LogP) is 2.53. The molecule has 1 aromatic heterocycles. The second-order valence-electron chi connectivity index (χ2n) is 8.65. The monoisotopic (exact) mass is 419 g/mol. The molecule has 0 saturated carbocycles. The lowest BCUT2D eigenvalue weighted by molar-refractivity contribution is -0.243. The predicted molar refractivity (Wildman–Crippen MR) is 111 cm³/mol. The van der Waals surface area contributed by atoms with E-state index >= 15 is 0 Å². The first-order chi connectivity index (χ1) is 14.1. The molecular formula is C22H29NO7. The van der Waals surface area contributed by atoms with Crippen molar-refractivity contribution in [2.45, 2.75) is 52.2 Å². The summed E-state index contributed by atoms with van der Waals surface area (Å²) in [7, 11) is 1.52. The largest absolute Gasteiger partial charge is 0.462 e. The maximum absolute atomic E-state index is 12.0. The first kappa shape index (κ1) is 22.3. The molecule has 3 rings (SSSR count). The summed E-state index contributed by atoms with van der Waals surface area (Å²) >= 11 is 0.